The maximum Gasteiger partial charge on any atom is 0.207 e. The summed E-state index contributed by atoms with van der Waals surface area (Å²) in [6.07, 6.45) is 10.7. The van der Waals surface area contributed by atoms with Gasteiger partial charge in [0.1, 0.15) is 5.69 Å². The molecule has 0 saturated heterocycles. The van der Waals surface area contributed by atoms with Crippen molar-refractivity contribution in [2.24, 2.45) is 0 Å². The molecular formula is C27H47N5O2S. The third kappa shape index (κ3) is 19.2. The van der Waals surface area contributed by atoms with Crippen molar-refractivity contribution in [2.45, 2.75) is 86.7 Å². The molecule has 7 nitrogen and oxygen atoms in total. The second-order valence-corrected chi connectivity index (χ2v) is 7.65. The highest BCUT2D eigenvalue weighted by Crippen LogP contribution is 2.23. The molecular weight excluding hydrogens is 458 g/mol. The van der Waals surface area contributed by atoms with Crippen molar-refractivity contribution in [1.82, 2.24) is 19.4 Å². The minimum Gasteiger partial charge on any atom is -0.513 e. The molecule has 0 aliphatic rings. The first-order chi connectivity index (χ1) is 17.0. The third-order valence-corrected chi connectivity index (χ3v) is 4.96. The smallest absolute Gasteiger partial charge is 0.207 e. The molecule has 4 N–H and O–H groups in total. The molecule has 0 radical (unpaired) electrons. The van der Waals surface area contributed by atoms with Gasteiger partial charge in [-0.25, -0.2) is 0 Å². The van der Waals surface area contributed by atoms with Gasteiger partial charge in [-0.15, -0.1) is 0 Å². The largest absolute Gasteiger partial charge is 0.513 e. The monoisotopic (exact) mass is 505 g/mol. The number of hydrogen-bond acceptors (Lipinski definition) is 7. The first kappa shape index (κ1) is 34.3. The Morgan fingerprint density at radius 3 is 2.29 bits per heavy atom. The number of amides is 1. The zero-order valence-electron chi connectivity index (χ0n) is 22.7. The van der Waals surface area contributed by atoms with E-state index >= 15 is 0 Å². The van der Waals surface area contributed by atoms with Gasteiger partial charge >= 0.3 is 0 Å². The summed E-state index contributed by atoms with van der Waals surface area (Å²) in [6.45, 7) is 15.3. The van der Waals surface area contributed by atoms with E-state index in [1.54, 1.807) is 19.9 Å². The lowest BCUT2D eigenvalue weighted by molar-refractivity contribution is -0.109. The number of aromatic nitrogens is 2. The van der Waals surface area contributed by atoms with Gasteiger partial charge in [-0.1, -0.05) is 83.5 Å². The Morgan fingerprint density at radius 1 is 1.11 bits per heavy atom. The van der Waals surface area contributed by atoms with Crippen LogP contribution in [-0.2, 0) is 11.3 Å². The van der Waals surface area contributed by atoms with E-state index < -0.39 is 0 Å². The maximum atomic E-state index is 9.57. The van der Waals surface area contributed by atoms with Crippen molar-refractivity contribution >= 4 is 24.0 Å². The van der Waals surface area contributed by atoms with Gasteiger partial charge in [0.15, 0.2) is 5.82 Å². The number of aliphatic hydroxyl groups is 1. The summed E-state index contributed by atoms with van der Waals surface area (Å²) in [5, 5.41) is 17.5. The maximum absolute atomic E-state index is 9.57. The molecule has 1 aromatic carbocycles. The number of carbonyl (C=O) groups is 1. The summed E-state index contributed by atoms with van der Waals surface area (Å²) < 4.78 is 8.75. The number of unbranched alkanes of at least 4 members (excludes halogenated alkanes) is 1. The lowest BCUT2D eigenvalue weighted by Crippen LogP contribution is -2.13. The van der Waals surface area contributed by atoms with E-state index in [0.717, 1.165) is 50.1 Å². The lowest BCUT2D eigenvalue weighted by Gasteiger charge is -2.17. The highest BCUT2D eigenvalue weighted by molar-refractivity contribution is 6.99. The molecule has 1 heterocycles. The van der Waals surface area contributed by atoms with Gasteiger partial charge < -0.3 is 21.1 Å². The van der Waals surface area contributed by atoms with Crippen molar-refractivity contribution in [2.75, 3.05) is 11.9 Å². The topological polar surface area (TPSA) is 99.2 Å². The number of allylic oxidation sites excluding steroid dienone is 3. The molecule has 1 aromatic heterocycles. The molecule has 1 atom stereocenters. The molecule has 2 rings (SSSR count). The minimum atomic E-state index is 0.264. The molecule has 0 aliphatic heterocycles. The first-order valence-electron chi connectivity index (χ1n) is 12.5. The Hall–Kier alpha value is -2.87. The molecule has 0 unspecified atom stereocenters. The second kappa shape index (κ2) is 25.7. The van der Waals surface area contributed by atoms with Gasteiger partial charge in [0.05, 0.1) is 30.1 Å². The summed E-state index contributed by atoms with van der Waals surface area (Å²) >= 11 is 1.25. The van der Waals surface area contributed by atoms with Crippen LogP contribution in [0.5, 0.6) is 0 Å². The summed E-state index contributed by atoms with van der Waals surface area (Å²) in [6, 6.07) is 10.7. The lowest BCUT2D eigenvalue weighted by atomic mass is 10.0. The fourth-order valence-corrected chi connectivity index (χ4v) is 2.93. The van der Waals surface area contributed by atoms with E-state index in [2.05, 4.69) is 75.8 Å². The van der Waals surface area contributed by atoms with Gasteiger partial charge in [0, 0.05) is 6.54 Å². The van der Waals surface area contributed by atoms with E-state index in [1.807, 2.05) is 26.1 Å². The summed E-state index contributed by atoms with van der Waals surface area (Å²) in [5.74, 6) is 1.26. The van der Waals surface area contributed by atoms with Crippen LogP contribution in [0, 0.1) is 0 Å². The molecule has 0 saturated carbocycles. The van der Waals surface area contributed by atoms with Crippen LogP contribution in [0.1, 0.15) is 91.4 Å². The van der Waals surface area contributed by atoms with Gasteiger partial charge in [0.25, 0.3) is 0 Å². The number of nitrogens with zero attached hydrogens (tertiary/aromatic N) is 2. The van der Waals surface area contributed by atoms with Crippen molar-refractivity contribution in [1.29, 1.82) is 0 Å². The van der Waals surface area contributed by atoms with Gasteiger partial charge in [-0.2, -0.15) is 8.75 Å². The predicted molar refractivity (Wildman–Crippen MR) is 152 cm³/mol. The zero-order valence-corrected chi connectivity index (χ0v) is 23.5. The quantitative estimate of drug-likeness (QED) is 0.139. The number of aliphatic hydroxyl groups excluding tert-OH is 1. The number of carbonyl (C=O) groups excluding carboxylic acids is 1. The standard InChI is InChI=1S/C16H22N4S.C5H11NO.C4H8O.C2H6/c1-3-5-11-17-12-15-16(20-21-19-15)18-14(4-2)13-9-7-6-8-10-13;1-2-3-4-6-5-7;1-3-4(2)5;1-2/h5-11,14,17H,3-4,12H2,1-2H3,(H,18,20);5H,2-4H2,1H3,(H,6,7);3,5H,1-2H3;1-2H3/b11-5+;;4-3+;/t14-;;;/m0.../s1. The van der Waals surface area contributed by atoms with Crippen LogP contribution < -0.4 is 16.0 Å². The van der Waals surface area contributed by atoms with Crippen LogP contribution >= 0.6 is 11.7 Å². The van der Waals surface area contributed by atoms with E-state index in [1.165, 1.54) is 17.3 Å². The molecule has 1 amide bonds. The Labute approximate surface area is 217 Å². The van der Waals surface area contributed by atoms with Crippen LogP contribution in [0.4, 0.5) is 5.82 Å². The van der Waals surface area contributed by atoms with Crippen LogP contribution in [0.3, 0.4) is 0 Å². The molecule has 35 heavy (non-hydrogen) atoms. The highest BCUT2D eigenvalue weighted by atomic mass is 32.1. The third-order valence-electron chi connectivity index (χ3n) is 4.39. The van der Waals surface area contributed by atoms with Crippen LogP contribution in [0.15, 0.2) is 54.4 Å². The molecule has 8 heteroatoms. The Bertz CT molecular complexity index is 775. The number of nitrogens with one attached hydrogen (secondary N) is 3. The number of hydrogen-bond donors (Lipinski definition) is 4. The Balaban J connectivity index is 0. The normalized spacial score (nSPS) is 11.0. The Morgan fingerprint density at radius 2 is 1.77 bits per heavy atom. The molecule has 2 aromatic rings. The predicted octanol–water partition coefficient (Wildman–Crippen LogP) is 7.14. The first-order valence-corrected chi connectivity index (χ1v) is 13.3. The summed E-state index contributed by atoms with van der Waals surface area (Å²) in [7, 11) is 0. The molecule has 0 fully saturated rings. The SMILES string of the molecule is C/C=C(\C)O.CC.CC/C=C/NCc1nsnc1N[C@@H](CC)c1ccccc1.CCCCNC=O. The van der Waals surface area contributed by atoms with Crippen molar-refractivity contribution in [3.05, 3.63) is 65.7 Å². The molecule has 0 aliphatic carbocycles. The summed E-state index contributed by atoms with van der Waals surface area (Å²) in [5.41, 5.74) is 2.24. The average molecular weight is 506 g/mol. The van der Waals surface area contributed by atoms with Crippen molar-refractivity contribution in [3.63, 3.8) is 0 Å². The van der Waals surface area contributed by atoms with E-state index in [4.69, 9.17) is 5.11 Å². The van der Waals surface area contributed by atoms with Gasteiger partial charge in [-0.3, -0.25) is 4.79 Å². The fourth-order valence-electron chi connectivity index (χ4n) is 2.40. The minimum absolute atomic E-state index is 0.264. The van der Waals surface area contributed by atoms with Crippen molar-refractivity contribution < 1.29 is 9.90 Å². The van der Waals surface area contributed by atoms with Crippen LogP contribution in [-0.4, -0.2) is 26.8 Å². The van der Waals surface area contributed by atoms with E-state index in [-0.39, 0.29) is 6.04 Å². The highest BCUT2D eigenvalue weighted by Gasteiger charge is 2.13. The van der Waals surface area contributed by atoms with Gasteiger partial charge in [-0.05, 0) is 44.9 Å². The zero-order chi connectivity index (χ0) is 26.7. The molecule has 0 bridgehead atoms. The number of anilines is 1. The number of benzene rings is 1. The second-order valence-electron chi connectivity index (χ2n) is 7.12. The van der Waals surface area contributed by atoms with Crippen molar-refractivity contribution in [3.8, 4) is 0 Å². The average Bonchev–Trinajstić information content (AvgIpc) is 3.34. The van der Waals surface area contributed by atoms with Gasteiger partial charge in [0.2, 0.25) is 6.41 Å². The fraction of sp³-hybridized carbons (Fsp3) is 0.519. The van der Waals surface area contributed by atoms with E-state index in [9.17, 15) is 4.79 Å². The Kier molecular flexibility index (Phi) is 25.2. The summed E-state index contributed by atoms with van der Waals surface area (Å²) in [4.78, 5) is 9.57. The molecule has 0 spiro atoms. The van der Waals surface area contributed by atoms with Crippen LogP contribution in [0.25, 0.3) is 0 Å². The van der Waals surface area contributed by atoms with Crippen LogP contribution in [0.2, 0.25) is 0 Å². The number of rotatable bonds is 12. The molecule has 198 valence electrons. The van der Waals surface area contributed by atoms with E-state index in [0.29, 0.717) is 12.3 Å².